The highest BCUT2D eigenvalue weighted by atomic mass is 16.5. The lowest BCUT2D eigenvalue weighted by Gasteiger charge is -2.37. The summed E-state index contributed by atoms with van der Waals surface area (Å²) in [4.78, 5) is 40.2. The average molecular weight is 1090 g/mol. The first kappa shape index (κ1) is 58.6. The lowest BCUT2D eigenvalue weighted by atomic mass is 9.79. The fraction of sp³-hybridized carbons (Fsp3) is 0.182. The number of esters is 1. The van der Waals surface area contributed by atoms with Crippen molar-refractivity contribution in [1.82, 2.24) is 0 Å². The van der Waals surface area contributed by atoms with E-state index in [-0.39, 0.29) is 37.1 Å². The predicted molar refractivity (Wildman–Crippen MR) is 335 cm³/mol. The van der Waals surface area contributed by atoms with E-state index in [1.165, 1.54) is 5.56 Å². The molecule has 0 fully saturated rings. The Bertz CT molecular complexity index is 3350. The summed E-state index contributed by atoms with van der Waals surface area (Å²) >= 11 is 0. The first-order valence-corrected chi connectivity index (χ1v) is 28.8. The van der Waals surface area contributed by atoms with Gasteiger partial charge in [-0.3, -0.25) is 14.4 Å². The topological polar surface area (TPSA) is 78.9 Å². The van der Waals surface area contributed by atoms with Gasteiger partial charge in [0, 0.05) is 19.3 Å². The molecule has 0 radical (unpaired) electrons. The molecule has 0 saturated carbocycles. The zero-order chi connectivity index (χ0) is 57.7. The third kappa shape index (κ3) is 14.7. The standard InChI is InChI=1S/C40H38O4.C37H34O2/c1-3-43-39(42)38(37(41)28-31-24-26-33(27-25-31)32-16-8-4-9-17-32)30(2)29-44-40(34-18-10-5-11-19-34,35-20-12-6-13-21-35)36-22-14-7-15-23-36;1-29(26-36(38)27-30-22-24-32(25-23-30)31-14-6-2-7-15-31)28-39-37(33-16-8-3-9-17-33,34-18-10-4-11-19-34)35-20-12-5-13-21-35/h4-27,30,38H,3,28-29H2,1-2H3;2-25,29H,26-28H2,1H3/t30-,38?;29-/m01/s1. The molecule has 0 bridgehead atoms. The van der Waals surface area contributed by atoms with Crippen LogP contribution in [0.15, 0.2) is 291 Å². The average Bonchev–Trinajstić information content (AvgIpc) is 3.59. The van der Waals surface area contributed by atoms with Gasteiger partial charge in [-0.05, 0) is 85.5 Å². The van der Waals surface area contributed by atoms with Gasteiger partial charge in [-0.2, -0.15) is 0 Å². The van der Waals surface area contributed by atoms with Gasteiger partial charge in [0.2, 0.25) is 0 Å². The Hall–Kier alpha value is -9.07. The number of carbonyl (C=O) groups is 3. The predicted octanol–water partition coefficient (Wildman–Crippen LogP) is 16.8. The van der Waals surface area contributed by atoms with E-state index in [1.54, 1.807) is 6.92 Å². The fourth-order valence-electron chi connectivity index (χ4n) is 11.0. The van der Waals surface area contributed by atoms with Crippen molar-refractivity contribution in [2.75, 3.05) is 19.8 Å². The zero-order valence-corrected chi connectivity index (χ0v) is 47.6. The van der Waals surface area contributed by atoms with Crippen LogP contribution in [0.5, 0.6) is 0 Å². The summed E-state index contributed by atoms with van der Waals surface area (Å²) in [6, 6.07) is 98.0. The number of rotatable bonds is 24. The third-order valence-corrected chi connectivity index (χ3v) is 15.2. The zero-order valence-electron chi connectivity index (χ0n) is 47.6. The minimum atomic E-state index is -0.969. The molecule has 0 aliphatic rings. The van der Waals surface area contributed by atoms with Crippen LogP contribution in [0.1, 0.15) is 71.7 Å². The van der Waals surface area contributed by atoms with Crippen molar-refractivity contribution in [2.45, 2.75) is 51.2 Å². The first-order valence-electron chi connectivity index (χ1n) is 28.8. The highest BCUT2D eigenvalue weighted by Gasteiger charge is 2.41. The molecule has 3 atom stereocenters. The maximum atomic E-state index is 13.8. The number of benzene rings is 10. The van der Waals surface area contributed by atoms with Crippen LogP contribution >= 0.6 is 0 Å². The minimum Gasteiger partial charge on any atom is -0.465 e. The molecule has 416 valence electrons. The number of ether oxygens (including phenoxy) is 3. The summed E-state index contributed by atoms with van der Waals surface area (Å²) in [5.41, 5.74) is 10.8. The minimum absolute atomic E-state index is 0.0663. The molecule has 0 spiro atoms. The fourth-order valence-corrected chi connectivity index (χ4v) is 11.0. The Labute approximate surface area is 490 Å². The van der Waals surface area contributed by atoms with Gasteiger partial charge in [-0.1, -0.05) is 305 Å². The number of ketones is 2. The molecule has 6 heteroatoms. The lowest BCUT2D eigenvalue weighted by Crippen LogP contribution is -2.39. The summed E-state index contributed by atoms with van der Waals surface area (Å²) in [5, 5.41) is 0. The smallest absolute Gasteiger partial charge is 0.316 e. The monoisotopic (exact) mass is 1090 g/mol. The molecular weight excluding hydrogens is 1020 g/mol. The summed E-state index contributed by atoms with van der Waals surface area (Å²) in [6.45, 7) is 6.56. The molecule has 10 aromatic carbocycles. The van der Waals surface area contributed by atoms with Crippen LogP contribution < -0.4 is 0 Å². The van der Waals surface area contributed by atoms with Crippen molar-refractivity contribution in [1.29, 1.82) is 0 Å². The maximum absolute atomic E-state index is 13.8. The number of hydrogen-bond acceptors (Lipinski definition) is 6. The van der Waals surface area contributed by atoms with E-state index in [4.69, 9.17) is 14.2 Å². The van der Waals surface area contributed by atoms with Crippen LogP contribution in [0, 0.1) is 17.8 Å². The van der Waals surface area contributed by atoms with Gasteiger partial charge >= 0.3 is 5.97 Å². The van der Waals surface area contributed by atoms with E-state index in [9.17, 15) is 14.4 Å². The second kappa shape index (κ2) is 29.1. The number of Topliss-reactive ketones (excluding diaryl/α,β-unsaturated/α-hetero) is 2. The quantitative estimate of drug-likeness (QED) is 0.0341. The Morgan fingerprint density at radius 2 is 0.651 bits per heavy atom. The van der Waals surface area contributed by atoms with Crippen molar-refractivity contribution in [3.05, 3.63) is 336 Å². The Kier molecular flexibility index (Phi) is 20.5. The van der Waals surface area contributed by atoms with E-state index >= 15 is 0 Å². The van der Waals surface area contributed by atoms with Gasteiger partial charge in [0.15, 0.2) is 5.78 Å². The third-order valence-electron chi connectivity index (χ3n) is 15.2. The summed E-state index contributed by atoms with van der Waals surface area (Å²) < 4.78 is 19.3. The van der Waals surface area contributed by atoms with Crippen LogP contribution in [0.25, 0.3) is 22.3 Å². The molecule has 1 unspecified atom stereocenters. The highest BCUT2D eigenvalue weighted by molar-refractivity contribution is 6.00. The van der Waals surface area contributed by atoms with Crippen LogP contribution in [0.4, 0.5) is 0 Å². The van der Waals surface area contributed by atoms with Crippen molar-refractivity contribution < 1.29 is 28.6 Å². The van der Waals surface area contributed by atoms with Gasteiger partial charge in [0.25, 0.3) is 0 Å². The van der Waals surface area contributed by atoms with Gasteiger partial charge in [-0.25, -0.2) is 0 Å². The maximum Gasteiger partial charge on any atom is 0.316 e. The Morgan fingerprint density at radius 1 is 0.361 bits per heavy atom. The molecule has 0 aliphatic carbocycles. The van der Waals surface area contributed by atoms with Gasteiger partial charge < -0.3 is 14.2 Å². The van der Waals surface area contributed by atoms with Crippen LogP contribution in [-0.4, -0.2) is 37.4 Å². The summed E-state index contributed by atoms with van der Waals surface area (Å²) in [6.07, 6.45) is 1.03. The molecule has 0 aliphatic heterocycles. The van der Waals surface area contributed by atoms with E-state index in [1.807, 2.05) is 140 Å². The van der Waals surface area contributed by atoms with E-state index in [0.717, 1.165) is 61.2 Å². The molecule has 0 heterocycles. The molecule has 0 amide bonds. The normalized spacial score (nSPS) is 12.4. The van der Waals surface area contributed by atoms with Crippen LogP contribution in [-0.2, 0) is 52.6 Å². The number of hydrogen-bond donors (Lipinski definition) is 0. The second-order valence-corrected chi connectivity index (χ2v) is 21.2. The number of carbonyl (C=O) groups excluding carboxylic acids is 3. The van der Waals surface area contributed by atoms with E-state index in [2.05, 4.69) is 165 Å². The Morgan fingerprint density at radius 3 is 0.976 bits per heavy atom. The largest absolute Gasteiger partial charge is 0.465 e. The molecular formula is C77H72O6. The highest BCUT2D eigenvalue weighted by Crippen LogP contribution is 2.43. The van der Waals surface area contributed by atoms with Crippen LogP contribution in [0.2, 0.25) is 0 Å². The molecule has 0 N–H and O–H groups in total. The van der Waals surface area contributed by atoms with Gasteiger partial charge in [0.05, 0.1) is 19.8 Å². The van der Waals surface area contributed by atoms with Gasteiger partial charge in [0.1, 0.15) is 22.9 Å². The van der Waals surface area contributed by atoms with Gasteiger partial charge in [-0.15, -0.1) is 0 Å². The first-order chi connectivity index (χ1) is 40.7. The Balaban J connectivity index is 0.000000201. The van der Waals surface area contributed by atoms with Crippen molar-refractivity contribution >= 4 is 17.5 Å². The second-order valence-electron chi connectivity index (χ2n) is 21.2. The molecule has 83 heavy (non-hydrogen) atoms. The van der Waals surface area contributed by atoms with E-state index < -0.39 is 29.0 Å². The van der Waals surface area contributed by atoms with E-state index in [0.29, 0.717) is 19.4 Å². The summed E-state index contributed by atoms with van der Waals surface area (Å²) in [5.74, 6) is -1.82. The molecule has 10 rings (SSSR count). The van der Waals surface area contributed by atoms with Crippen molar-refractivity contribution in [2.24, 2.45) is 17.8 Å². The molecule has 10 aromatic rings. The molecule has 6 nitrogen and oxygen atoms in total. The summed E-state index contributed by atoms with van der Waals surface area (Å²) in [7, 11) is 0. The van der Waals surface area contributed by atoms with Crippen molar-refractivity contribution in [3.8, 4) is 22.3 Å². The lowest BCUT2D eigenvalue weighted by molar-refractivity contribution is -0.155. The van der Waals surface area contributed by atoms with Crippen molar-refractivity contribution in [3.63, 3.8) is 0 Å². The van der Waals surface area contributed by atoms with Crippen LogP contribution in [0.3, 0.4) is 0 Å². The SMILES string of the molecule is CCOC(=O)C(C(=O)Cc1ccc(-c2ccccc2)cc1)[C@@H](C)COC(c1ccccc1)(c1ccccc1)c1ccccc1.C[C@@H](COC(c1ccccc1)(c1ccccc1)c1ccccc1)CC(=O)Cc1ccc(-c2ccccc2)cc1. The molecule has 0 aromatic heterocycles. The molecule has 0 saturated heterocycles.